The highest BCUT2D eigenvalue weighted by Crippen LogP contribution is 2.31. The van der Waals surface area contributed by atoms with E-state index >= 15 is 0 Å². The lowest BCUT2D eigenvalue weighted by Crippen LogP contribution is -2.05. The van der Waals surface area contributed by atoms with E-state index in [1.54, 1.807) is 12.3 Å². The van der Waals surface area contributed by atoms with Crippen LogP contribution in [0.15, 0.2) is 53.3 Å². The van der Waals surface area contributed by atoms with E-state index in [4.69, 9.17) is 5.73 Å². The molecular weight excluding hydrogens is 397 g/mol. The van der Waals surface area contributed by atoms with Crippen molar-refractivity contribution in [2.75, 3.05) is 5.73 Å². The van der Waals surface area contributed by atoms with E-state index in [0.717, 1.165) is 32.3 Å². The molecule has 3 N–H and O–H groups in total. The fourth-order valence-electron chi connectivity index (χ4n) is 2.98. The van der Waals surface area contributed by atoms with Crippen LogP contribution in [0.25, 0.3) is 22.3 Å². The normalized spacial score (nSPS) is 12.4. The molecule has 1 unspecified atom stereocenters. The van der Waals surface area contributed by atoms with Gasteiger partial charge in [-0.1, -0.05) is 19.1 Å². The summed E-state index contributed by atoms with van der Waals surface area (Å²) in [6.07, 6.45) is 3.58. The summed E-state index contributed by atoms with van der Waals surface area (Å²) in [6.45, 7) is 1.97. The lowest BCUT2D eigenvalue weighted by Gasteiger charge is -2.13. The first-order valence-electron chi connectivity index (χ1n) is 8.04. The molecule has 7 heteroatoms. The molecule has 4 aromatic rings. The van der Waals surface area contributed by atoms with E-state index in [9.17, 15) is 4.39 Å². The number of nitrogens with zero attached hydrogens (tertiary/aromatic N) is 3. The largest absolute Gasteiger partial charge is 0.368 e. The quantitative estimate of drug-likeness (QED) is 0.513. The Morgan fingerprint density at radius 2 is 2.04 bits per heavy atom. The number of fused-ring (bicyclic) bond motifs is 1. The Labute approximate surface area is 157 Å². The fourth-order valence-corrected chi connectivity index (χ4v) is 3.31. The molecule has 4 rings (SSSR count). The maximum absolute atomic E-state index is 13.6. The van der Waals surface area contributed by atoms with Gasteiger partial charge in [-0.2, -0.15) is 0 Å². The van der Waals surface area contributed by atoms with E-state index in [2.05, 4.69) is 35.9 Å². The lowest BCUT2D eigenvalue weighted by molar-refractivity contribution is 0.624. The number of halogens is 2. The number of anilines is 1. The number of nitrogens with one attached hydrogen (secondary N) is 1. The monoisotopic (exact) mass is 411 g/mol. The minimum absolute atomic E-state index is 0.121. The van der Waals surface area contributed by atoms with Gasteiger partial charge in [-0.15, -0.1) is 0 Å². The zero-order chi connectivity index (χ0) is 18.3. The SMILES string of the molecule is CC(c1cccc(F)c1)c1cc(-c2c[nH]c3ncc(Br)cc23)nc(N)n1. The second kappa shape index (κ2) is 6.49. The molecule has 3 heterocycles. The van der Waals surface area contributed by atoms with Gasteiger partial charge in [-0.25, -0.2) is 19.3 Å². The number of nitrogen functional groups attached to an aromatic ring is 1. The lowest BCUT2D eigenvalue weighted by atomic mass is 9.96. The van der Waals surface area contributed by atoms with Crippen molar-refractivity contribution < 1.29 is 4.39 Å². The number of rotatable bonds is 3. The third-order valence-corrected chi connectivity index (χ3v) is 4.76. The van der Waals surface area contributed by atoms with Gasteiger partial charge in [0, 0.05) is 33.7 Å². The molecule has 0 fully saturated rings. The molecule has 0 spiro atoms. The smallest absolute Gasteiger partial charge is 0.220 e. The Hall–Kier alpha value is -2.80. The summed E-state index contributed by atoms with van der Waals surface area (Å²) >= 11 is 3.44. The van der Waals surface area contributed by atoms with Crippen molar-refractivity contribution in [3.05, 3.63) is 70.3 Å². The molecule has 26 heavy (non-hydrogen) atoms. The molecule has 0 aliphatic rings. The molecular formula is C19H15BrFN5. The van der Waals surface area contributed by atoms with Crippen LogP contribution in [0.4, 0.5) is 10.3 Å². The van der Waals surface area contributed by atoms with Crippen LogP contribution in [0.3, 0.4) is 0 Å². The second-order valence-corrected chi connectivity index (χ2v) is 6.98. The highest BCUT2D eigenvalue weighted by Gasteiger charge is 2.16. The van der Waals surface area contributed by atoms with E-state index in [1.807, 2.05) is 31.3 Å². The molecule has 0 bridgehead atoms. The number of hydrogen-bond acceptors (Lipinski definition) is 4. The Kier molecular flexibility index (Phi) is 4.16. The molecule has 0 amide bonds. The van der Waals surface area contributed by atoms with Crippen molar-refractivity contribution in [1.29, 1.82) is 0 Å². The van der Waals surface area contributed by atoms with Crippen LogP contribution in [-0.4, -0.2) is 19.9 Å². The molecule has 130 valence electrons. The Morgan fingerprint density at radius 1 is 1.19 bits per heavy atom. The molecule has 0 aliphatic carbocycles. The van der Waals surface area contributed by atoms with Crippen molar-refractivity contribution in [1.82, 2.24) is 19.9 Å². The fraction of sp³-hybridized carbons (Fsp3) is 0.105. The number of benzene rings is 1. The Morgan fingerprint density at radius 3 is 2.85 bits per heavy atom. The summed E-state index contributed by atoms with van der Waals surface area (Å²) in [5.74, 6) is -0.216. The highest BCUT2D eigenvalue weighted by molar-refractivity contribution is 9.10. The van der Waals surface area contributed by atoms with Crippen LogP contribution in [0.2, 0.25) is 0 Å². The first-order chi connectivity index (χ1) is 12.5. The van der Waals surface area contributed by atoms with Gasteiger partial charge in [0.1, 0.15) is 11.5 Å². The molecule has 5 nitrogen and oxygen atoms in total. The summed E-state index contributed by atoms with van der Waals surface area (Å²) < 4.78 is 14.4. The van der Waals surface area contributed by atoms with Crippen molar-refractivity contribution in [3.8, 4) is 11.3 Å². The van der Waals surface area contributed by atoms with Crippen LogP contribution in [-0.2, 0) is 0 Å². The number of pyridine rings is 1. The average Bonchev–Trinajstić information content (AvgIpc) is 3.03. The summed E-state index contributed by atoms with van der Waals surface area (Å²) in [4.78, 5) is 16.2. The van der Waals surface area contributed by atoms with Gasteiger partial charge in [0.15, 0.2) is 0 Å². The van der Waals surface area contributed by atoms with Crippen molar-refractivity contribution in [2.24, 2.45) is 0 Å². The van der Waals surface area contributed by atoms with E-state index < -0.39 is 0 Å². The molecule has 1 atom stereocenters. The Balaban J connectivity index is 1.82. The van der Waals surface area contributed by atoms with Crippen LogP contribution < -0.4 is 5.73 Å². The van der Waals surface area contributed by atoms with Gasteiger partial charge in [-0.3, -0.25) is 0 Å². The topological polar surface area (TPSA) is 80.5 Å². The standard InChI is InChI=1S/C19H15BrFN5/c1-10(11-3-2-4-13(21)5-11)16-7-17(26-19(22)25-16)15-9-24-18-14(15)6-12(20)8-23-18/h2-10H,1H3,(H,23,24)(H2,22,25,26). The predicted octanol–water partition coefficient (Wildman–Crippen LogP) is 4.66. The van der Waals surface area contributed by atoms with Gasteiger partial charge in [-0.05, 0) is 45.8 Å². The second-order valence-electron chi connectivity index (χ2n) is 6.06. The molecule has 0 aliphatic heterocycles. The third-order valence-electron chi connectivity index (χ3n) is 4.33. The van der Waals surface area contributed by atoms with Crippen LogP contribution in [0.5, 0.6) is 0 Å². The predicted molar refractivity (Wildman–Crippen MR) is 103 cm³/mol. The number of aromatic amines is 1. The molecule has 3 aromatic heterocycles. The molecule has 0 radical (unpaired) electrons. The van der Waals surface area contributed by atoms with E-state index in [0.29, 0.717) is 5.69 Å². The first kappa shape index (κ1) is 16.7. The Bertz CT molecular complexity index is 1110. The van der Waals surface area contributed by atoms with Crippen LogP contribution in [0, 0.1) is 5.82 Å². The van der Waals surface area contributed by atoms with Crippen molar-refractivity contribution in [2.45, 2.75) is 12.8 Å². The maximum atomic E-state index is 13.6. The number of H-pyrrole nitrogens is 1. The van der Waals surface area contributed by atoms with E-state index in [1.165, 1.54) is 12.1 Å². The van der Waals surface area contributed by atoms with Gasteiger partial charge < -0.3 is 10.7 Å². The number of aromatic nitrogens is 4. The van der Waals surface area contributed by atoms with Gasteiger partial charge >= 0.3 is 0 Å². The molecule has 0 saturated carbocycles. The third kappa shape index (κ3) is 3.06. The average molecular weight is 412 g/mol. The zero-order valence-electron chi connectivity index (χ0n) is 13.9. The molecule has 0 saturated heterocycles. The number of nitrogens with two attached hydrogens (primary N) is 1. The van der Waals surface area contributed by atoms with Crippen molar-refractivity contribution in [3.63, 3.8) is 0 Å². The minimum atomic E-state index is -0.274. The summed E-state index contributed by atoms with van der Waals surface area (Å²) in [5, 5.41) is 0.932. The summed E-state index contributed by atoms with van der Waals surface area (Å²) in [5.41, 5.74) is 9.86. The zero-order valence-corrected chi connectivity index (χ0v) is 15.5. The first-order valence-corrected chi connectivity index (χ1v) is 8.83. The van der Waals surface area contributed by atoms with Gasteiger partial charge in [0.2, 0.25) is 5.95 Å². The van der Waals surface area contributed by atoms with Crippen LogP contribution >= 0.6 is 15.9 Å². The highest BCUT2D eigenvalue weighted by atomic mass is 79.9. The van der Waals surface area contributed by atoms with Gasteiger partial charge in [0.05, 0.1) is 11.4 Å². The minimum Gasteiger partial charge on any atom is -0.368 e. The van der Waals surface area contributed by atoms with Crippen molar-refractivity contribution >= 4 is 32.9 Å². The van der Waals surface area contributed by atoms with Gasteiger partial charge in [0.25, 0.3) is 0 Å². The van der Waals surface area contributed by atoms with E-state index in [-0.39, 0.29) is 17.7 Å². The molecule has 1 aromatic carbocycles. The summed E-state index contributed by atoms with van der Waals surface area (Å²) in [7, 11) is 0. The van der Waals surface area contributed by atoms with Crippen LogP contribution in [0.1, 0.15) is 24.1 Å². The number of hydrogen-bond donors (Lipinski definition) is 2. The summed E-state index contributed by atoms with van der Waals surface area (Å²) in [6, 6.07) is 10.4. The maximum Gasteiger partial charge on any atom is 0.220 e.